The maximum absolute atomic E-state index is 15.8. The van der Waals surface area contributed by atoms with Crippen LogP contribution in [0, 0.1) is 13.8 Å². The van der Waals surface area contributed by atoms with Gasteiger partial charge in [0.1, 0.15) is 11.5 Å². The number of hydrogen-bond donors (Lipinski definition) is 1. The molecule has 3 heterocycles. The SMILES string of the molecule is Cc1ccc(C2(F)CCN(C(=O)c3cc(-c4nc5c([nH]4)CN(C)CC5)c(C4CCC4)cc3C)CC2)cc1. The Morgan fingerprint density at radius 1 is 1.08 bits per heavy atom. The predicted octanol–water partition coefficient (Wildman–Crippen LogP) is 6.05. The molecule has 0 atom stereocenters. The smallest absolute Gasteiger partial charge is 0.254 e. The minimum absolute atomic E-state index is 0.000850. The first-order valence-corrected chi connectivity index (χ1v) is 13.8. The zero-order valence-electron chi connectivity index (χ0n) is 22.2. The number of carbonyl (C=O) groups excluding carboxylic acids is 1. The van der Waals surface area contributed by atoms with Crippen LogP contribution in [0.15, 0.2) is 36.4 Å². The molecule has 3 aromatic rings. The minimum Gasteiger partial charge on any atom is -0.341 e. The van der Waals surface area contributed by atoms with Crippen LogP contribution < -0.4 is 0 Å². The summed E-state index contributed by atoms with van der Waals surface area (Å²) in [7, 11) is 2.13. The fourth-order valence-electron chi connectivity index (χ4n) is 6.15. The highest BCUT2D eigenvalue weighted by Gasteiger charge is 2.38. The largest absolute Gasteiger partial charge is 0.341 e. The second kappa shape index (κ2) is 9.39. The number of nitrogens with one attached hydrogen (secondary N) is 1. The molecule has 5 nitrogen and oxygen atoms in total. The van der Waals surface area contributed by atoms with Crippen LogP contribution in [-0.4, -0.2) is 52.4 Å². The number of imidazole rings is 1. The van der Waals surface area contributed by atoms with Gasteiger partial charge in [-0.3, -0.25) is 4.79 Å². The second-order valence-corrected chi connectivity index (χ2v) is 11.5. The Hall–Kier alpha value is -2.99. The molecular weight excluding hydrogens is 463 g/mol. The highest BCUT2D eigenvalue weighted by Crippen LogP contribution is 2.43. The van der Waals surface area contributed by atoms with E-state index in [2.05, 4.69) is 29.1 Å². The maximum atomic E-state index is 15.8. The number of alkyl halides is 1. The lowest BCUT2D eigenvalue weighted by Gasteiger charge is -2.37. The molecule has 0 unspecified atom stereocenters. The van der Waals surface area contributed by atoms with Crippen molar-refractivity contribution in [3.63, 3.8) is 0 Å². The van der Waals surface area contributed by atoms with Gasteiger partial charge >= 0.3 is 0 Å². The Labute approximate surface area is 219 Å². The number of amides is 1. The van der Waals surface area contributed by atoms with Crippen molar-refractivity contribution in [2.24, 2.45) is 0 Å². The fraction of sp³-hybridized carbons (Fsp3) is 0.484. The van der Waals surface area contributed by atoms with Gasteiger partial charge in [-0.2, -0.15) is 0 Å². The third kappa shape index (κ3) is 4.50. The molecule has 1 N–H and O–H groups in total. The number of piperidine rings is 1. The summed E-state index contributed by atoms with van der Waals surface area (Å²) in [4.78, 5) is 26.5. The van der Waals surface area contributed by atoms with Gasteiger partial charge in [0.2, 0.25) is 0 Å². The maximum Gasteiger partial charge on any atom is 0.254 e. The number of aromatic nitrogens is 2. The number of H-pyrrole nitrogens is 1. The van der Waals surface area contributed by atoms with Crippen LogP contribution in [0.5, 0.6) is 0 Å². The van der Waals surface area contributed by atoms with Gasteiger partial charge in [0, 0.05) is 56.6 Å². The van der Waals surface area contributed by atoms with E-state index in [9.17, 15) is 4.79 Å². The highest BCUT2D eigenvalue weighted by atomic mass is 19.1. The van der Waals surface area contributed by atoms with E-state index in [0.29, 0.717) is 37.4 Å². The molecule has 3 aliphatic rings. The molecule has 6 heteroatoms. The van der Waals surface area contributed by atoms with Crippen molar-refractivity contribution in [2.75, 3.05) is 26.7 Å². The lowest BCUT2D eigenvalue weighted by Crippen LogP contribution is -2.43. The summed E-state index contributed by atoms with van der Waals surface area (Å²) in [5.41, 5.74) is 6.89. The Bertz CT molecular complexity index is 1320. The number of likely N-dealkylation sites (N-methyl/N-ethyl adjacent to an activating group) is 1. The first kappa shape index (κ1) is 24.4. The van der Waals surface area contributed by atoms with E-state index in [0.717, 1.165) is 53.3 Å². The normalized spacial score (nSPS) is 19.9. The Balaban J connectivity index is 1.28. The fourth-order valence-corrected chi connectivity index (χ4v) is 6.15. The van der Waals surface area contributed by atoms with Gasteiger partial charge in [0.25, 0.3) is 5.91 Å². The minimum atomic E-state index is -1.38. The van der Waals surface area contributed by atoms with Gasteiger partial charge in [-0.05, 0) is 62.4 Å². The number of benzene rings is 2. The summed E-state index contributed by atoms with van der Waals surface area (Å²) in [5.74, 6) is 1.41. The quantitative estimate of drug-likeness (QED) is 0.475. The van der Waals surface area contributed by atoms with Crippen molar-refractivity contribution in [1.82, 2.24) is 19.8 Å². The topological polar surface area (TPSA) is 52.2 Å². The predicted molar refractivity (Wildman–Crippen MR) is 144 cm³/mol. The molecular formula is C31H37FN4O. The number of halogens is 1. The highest BCUT2D eigenvalue weighted by molar-refractivity contribution is 5.97. The van der Waals surface area contributed by atoms with Crippen molar-refractivity contribution in [1.29, 1.82) is 0 Å². The van der Waals surface area contributed by atoms with Crippen LogP contribution in [0.3, 0.4) is 0 Å². The monoisotopic (exact) mass is 500 g/mol. The molecule has 194 valence electrons. The zero-order valence-corrected chi connectivity index (χ0v) is 22.2. The summed E-state index contributed by atoms with van der Waals surface area (Å²) >= 11 is 0. The first-order valence-electron chi connectivity index (χ1n) is 13.8. The molecule has 1 saturated heterocycles. The summed E-state index contributed by atoms with van der Waals surface area (Å²) in [6.07, 6.45) is 5.22. The molecule has 2 fully saturated rings. The number of hydrogen-bond acceptors (Lipinski definition) is 3. The molecule has 1 aromatic heterocycles. The van der Waals surface area contributed by atoms with Gasteiger partial charge in [-0.1, -0.05) is 42.3 Å². The average molecular weight is 501 g/mol. The average Bonchev–Trinajstić information content (AvgIpc) is 3.26. The molecule has 1 aliphatic carbocycles. The van der Waals surface area contributed by atoms with Gasteiger partial charge in [0.15, 0.2) is 0 Å². The lowest BCUT2D eigenvalue weighted by molar-refractivity contribution is 0.0421. The number of carbonyl (C=O) groups is 1. The van der Waals surface area contributed by atoms with Crippen LogP contribution in [-0.2, 0) is 18.6 Å². The molecule has 6 rings (SSSR count). The van der Waals surface area contributed by atoms with Gasteiger partial charge < -0.3 is 14.8 Å². The Kier molecular flexibility index (Phi) is 6.18. The van der Waals surface area contributed by atoms with E-state index >= 15 is 4.39 Å². The molecule has 0 spiro atoms. The standard InChI is InChI=1S/C31H37FN4O/c1-20-7-9-23(10-8-20)31(32)12-15-36(16-13-31)30(37)24-18-26(25(17-21(24)2)22-5-4-6-22)29-33-27-11-14-35(3)19-28(27)34-29/h7-10,17-18,22H,4-6,11-16,19H2,1-3H3,(H,33,34). The van der Waals surface area contributed by atoms with Crippen molar-refractivity contribution in [3.05, 3.63) is 75.6 Å². The van der Waals surface area contributed by atoms with Crippen molar-refractivity contribution < 1.29 is 9.18 Å². The zero-order chi connectivity index (χ0) is 25.7. The lowest BCUT2D eigenvalue weighted by atomic mass is 9.77. The van der Waals surface area contributed by atoms with Crippen LogP contribution in [0.2, 0.25) is 0 Å². The summed E-state index contributed by atoms with van der Waals surface area (Å²) in [6.45, 7) is 6.78. The van der Waals surface area contributed by atoms with Crippen LogP contribution in [0.4, 0.5) is 4.39 Å². The van der Waals surface area contributed by atoms with Gasteiger partial charge in [0.05, 0.1) is 11.4 Å². The number of aromatic amines is 1. The summed E-state index contributed by atoms with van der Waals surface area (Å²) < 4.78 is 15.8. The molecule has 1 amide bonds. The van der Waals surface area contributed by atoms with Crippen molar-refractivity contribution >= 4 is 5.91 Å². The molecule has 1 saturated carbocycles. The van der Waals surface area contributed by atoms with Gasteiger partial charge in [-0.25, -0.2) is 9.37 Å². The molecule has 0 radical (unpaired) electrons. The third-order valence-corrected chi connectivity index (χ3v) is 8.86. The molecule has 0 bridgehead atoms. The summed E-state index contributed by atoms with van der Waals surface area (Å²) in [5, 5.41) is 0. The van der Waals surface area contributed by atoms with Crippen LogP contribution in [0.25, 0.3) is 11.4 Å². The van der Waals surface area contributed by atoms with Crippen LogP contribution >= 0.6 is 0 Å². The van der Waals surface area contributed by atoms with E-state index in [1.54, 1.807) is 0 Å². The number of nitrogens with zero attached hydrogens (tertiary/aromatic N) is 3. The summed E-state index contributed by atoms with van der Waals surface area (Å²) in [6, 6.07) is 12.0. The molecule has 37 heavy (non-hydrogen) atoms. The molecule has 2 aromatic carbocycles. The third-order valence-electron chi connectivity index (χ3n) is 8.86. The van der Waals surface area contributed by atoms with Crippen LogP contribution in [0.1, 0.15) is 82.0 Å². The molecule has 2 aliphatic heterocycles. The number of aryl methyl sites for hydroxylation is 2. The number of likely N-dealkylation sites (tertiary alicyclic amines) is 1. The van der Waals surface area contributed by atoms with E-state index in [1.807, 2.05) is 43.0 Å². The van der Waals surface area contributed by atoms with E-state index in [1.165, 1.54) is 30.5 Å². The Morgan fingerprint density at radius 3 is 2.49 bits per heavy atom. The number of rotatable bonds is 4. The van der Waals surface area contributed by atoms with Crippen molar-refractivity contribution in [2.45, 2.75) is 70.5 Å². The van der Waals surface area contributed by atoms with E-state index < -0.39 is 5.67 Å². The van der Waals surface area contributed by atoms with E-state index in [-0.39, 0.29) is 5.91 Å². The van der Waals surface area contributed by atoms with Gasteiger partial charge in [-0.15, -0.1) is 0 Å². The van der Waals surface area contributed by atoms with Crippen molar-refractivity contribution in [3.8, 4) is 11.4 Å². The van der Waals surface area contributed by atoms with E-state index in [4.69, 9.17) is 4.98 Å². The second-order valence-electron chi connectivity index (χ2n) is 11.5. The number of fused-ring (bicyclic) bond motifs is 1. The first-order chi connectivity index (χ1) is 17.8. The Morgan fingerprint density at radius 2 is 1.81 bits per heavy atom.